The Hall–Kier alpha value is -1.52. The van der Waals surface area contributed by atoms with E-state index >= 15 is 0 Å². The van der Waals surface area contributed by atoms with Gasteiger partial charge >= 0.3 is 0 Å². The summed E-state index contributed by atoms with van der Waals surface area (Å²) in [5.41, 5.74) is 0.969. The zero-order chi connectivity index (χ0) is 12.8. The highest BCUT2D eigenvalue weighted by atomic mass is 32.2. The largest absolute Gasteiger partial charge is 0.438 e. The van der Waals surface area contributed by atoms with Crippen LogP contribution in [0.1, 0.15) is 5.69 Å². The highest BCUT2D eigenvalue weighted by Crippen LogP contribution is 2.30. The standard InChI is InChI=1S/C14H16N2OS/c1-15-10-11-6-5-9-14(16-11)17-12-7-3-4-8-13(12)18-2/h3-9,15H,10H2,1-2H3. The van der Waals surface area contributed by atoms with Crippen LogP contribution in [0.4, 0.5) is 0 Å². The number of nitrogens with one attached hydrogen (secondary N) is 1. The summed E-state index contributed by atoms with van der Waals surface area (Å²) < 4.78 is 5.83. The predicted molar refractivity (Wildman–Crippen MR) is 75.3 cm³/mol. The summed E-state index contributed by atoms with van der Waals surface area (Å²) in [5, 5.41) is 3.08. The highest BCUT2D eigenvalue weighted by Gasteiger charge is 2.04. The Morgan fingerprint density at radius 3 is 2.78 bits per heavy atom. The van der Waals surface area contributed by atoms with Gasteiger partial charge in [-0.2, -0.15) is 0 Å². The number of rotatable bonds is 5. The first-order chi connectivity index (χ1) is 8.83. The van der Waals surface area contributed by atoms with E-state index in [1.54, 1.807) is 11.8 Å². The summed E-state index contributed by atoms with van der Waals surface area (Å²) in [6.45, 7) is 0.737. The number of ether oxygens (including phenoxy) is 1. The second-order valence-corrected chi connectivity index (χ2v) is 4.60. The first-order valence-electron chi connectivity index (χ1n) is 5.75. The third-order valence-electron chi connectivity index (χ3n) is 2.42. The van der Waals surface area contributed by atoms with E-state index in [-0.39, 0.29) is 0 Å². The van der Waals surface area contributed by atoms with Crippen LogP contribution in [0.5, 0.6) is 11.6 Å². The summed E-state index contributed by atoms with van der Waals surface area (Å²) in [7, 11) is 1.90. The molecule has 0 radical (unpaired) electrons. The molecule has 0 saturated heterocycles. The summed E-state index contributed by atoms with van der Waals surface area (Å²) in [6.07, 6.45) is 2.03. The van der Waals surface area contributed by atoms with Crippen LogP contribution in [-0.4, -0.2) is 18.3 Å². The molecule has 1 aromatic carbocycles. The smallest absolute Gasteiger partial charge is 0.219 e. The second kappa shape index (κ2) is 6.42. The average Bonchev–Trinajstić information content (AvgIpc) is 2.40. The van der Waals surface area contributed by atoms with E-state index in [0.29, 0.717) is 5.88 Å². The van der Waals surface area contributed by atoms with Gasteiger partial charge in [0.15, 0.2) is 0 Å². The maximum absolute atomic E-state index is 5.83. The van der Waals surface area contributed by atoms with E-state index in [9.17, 15) is 0 Å². The van der Waals surface area contributed by atoms with Gasteiger partial charge in [0.1, 0.15) is 5.75 Å². The molecule has 0 unspecified atom stereocenters. The van der Waals surface area contributed by atoms with Gasteiger partial charge in [-0.05, 0) is 31.5 Å². The molecule has 1 heterocycles. The number of hydrogen-bond donors (Lipinski definition) is 1. The number of para-hydroxylation sites is 1. The van der Waals surface area contributed by atoms with Gasteiger partial charge in [0.2, 0.25) is 5.88 Å². The molecule has 18 heavy (non-hydrogen) atoms. The maximum atomic E-state index is 5.83. The molecule has 0 saturated carbocycles. The van der Waals surface area contributed by atoms with E-state index in [1.807, 2.05) is 55.8 Å². The van der Waals surface area contributed by atoms with E-state index in [0.717, 1.165) is 22.9 Å². The Balaban J connectivity index is 2.20. The fraction of sp³-hybridized carbons (Fsp3) is 0.214. The fourth-order valence-corrected chi connectivity index (χ4v) is 2.14. The van der Waals surface area contributed by atoms with E-state index in [4.69, 9.17) is 4.74 Å². The number of pyridine rings is 1. The van der Waals surface area contributed by atoms with Crippen molar-refractivity contribution in [3.05, 3.63) is 48.2 Å². The molecule has 1 N–H and O–H groups in total. The van der Waals surface area contributed by atoms with Crippen molar-refractivity contribution in [2.75, 3.05) is 13.3 Å². The summed E-state index contributed by atoms with van der Waals surface area (Å²) in [6, 6.07) is 13.8. The van der Waals surface area contributed by atoms with Crippen molar-refractivity contribution >= 4 is 11.8 Å². The molecule has 4 heteroatoms. The molecule has 0 amide bonds. The average molecular weight is 260 g/mol. The molecule has 0 aliphatic carbocycles. The number of aromatic nitrogens is 1. The third kappa shape index (κ3) is 3.24. The predicted octanol–water partition coefficient (Wildman–Crippen LogP) is 3.32. The molecule has 0 atom stereocenters. The second-order valence-electron chi connectivity index (χ2n) is 3.75. The van der Waals surface area contributed by atoms with Crippen molar-refractivity contribution < 1.29 is 4.74 Å². The lowest BCUT2D eigenvalue weighted by Crippen LogP contribution is -2.06. The van der Waals surface area contributed by atoms with Crippen molar-refractivity contribution in [1.82, 2.24) is 10.3 Å². The van der Waals surface area contributed by atoms with Crippen molar-refractivity contribution in [3.63, 3.8) is 0 Å². The minimum atomic E-state index is 0.629. The van der Waals surface area contributed by atoms with Crippen LogP contribution in [0, 0.1) is 0 Å². The minimum absolute atomic E-state index is 0.629. The van der Waals surface area contributed by atoms with Crippen LogP contribution in [-0.2, 0) is 6.54 Å². The molecule has 3 nitrogen and oxygen atoms in total. The van der Waals surface area contributed by atoms with Crippen molar-refractivity contribution in [2.45, 2.75) is 11.4 Å². The lowest BCUT2D eigenvalue weighted by atomic mass is 10.3. The van der Waals surface area contributed by atoms with Crippen LogP contribution in [0.2, 0.25) is 0 Å². The lowest BCUT2D eigenvalue weighted by Gasteiger charge is -2.09. The monoisotopic (exact) mass is 260 g/mol. The van der Waals surface area contributed by atoms with Gasteiger partial charge in [0.05, 0.1) is 5.69 Å². The summed E-state index contributed by atoms with van der Waals surface area (Å²) in [5.74, 6) is 1.48. The lowest BCUT2D eigenvalue weighted by molar-refractivity contribution is 0.449. The zero-order valence-electron chi connectivity index (χ0n) is 10.5. The topological polar surface area (TPSA) is 34.1 Å². The first-order valence-corrected chi connectivity index (χ1v) is 6.97. The van der Waals surface area contributed by atoms with Crippen LogP contribution in [0.25, 0.3) is 0 Å². The number of nitrogens with zero attached hydrogens (tertiary/aromatic N) is 1. The first kappa shape index (κ1) is 12.9. The SMILES string of the molecule is CNCc1cccc(Oc2ccccc2SC)n1. The molecular weight excluding hydrogens is 244 g/mol. The van der Waals surface area contributed by atoms with Crippen molar-refractivity contribution in [1.29, 1.82) is 0 Å². The van der Waals surface area contributed by atoms with Crippen LogP contribution in [0.15, 0.2) is 47.4 Å². The molecule has 94 valence electrons. The van der Waals surface area contributed by atoms with Gasteiger partial charge in [-0.3, -0.25) is 0 Å². The Morgan fingerprint density at radius 2 is 2.00 bits per heavy atom. The van der Waals surface area contributed by atoms with Gasteiger partial charge in [-0.1, -0.05) is 18.2 Å². The molecular formula is C14H16N2OS. The van der Waals surface area contributed by atoms with Gasteiger partial charge < -0.3 is 10.1 Å². The Kier molecular flexibility index (Phi) is 4.61. The number of thioether (sulfide) groups is 1. The van der Waals surface area contributed by atoms with E-state index in [2.05, 4.69) is 10.3 Å². The fourth-order valence-electron chi connectivity index (χ4n) is 1.61. The molecule has 0 fully saturated rings. The van der Waals surface area contributed by atoms with E-state index < -0.39 is 0 Å². The molecule has 0 spiro atoms. The molecule has 0 bridgehead atoms. The quantitative estimate of drug-likeness (QED) is 0.836. The molecule has 1 aromatic heterocycles. The molecule has 0 aliphatic rings. The maximum Gasteiger partial charge on any atom is 0.219 e. The highest BCUT2D eigenvalue weighted by molar-refractivity contribution is 7.98. The molecule has 2 rings (SSSR count). The van der Waals surface area contributed by atoms with Crippen LogP contribution < -0.4 is 10.1 Å². The van der Waals surface area contributed by atoms with Gasteiger partial charge in [0.25, 0.3) is 0 Å². The Labute approximate surface area is 112 Å². The third-order valence-corrected chi connectivity index (χ3v) is 3.20. The number of benzene rings is 1. The molecule has 0 aliphatic heterocycles. The van der Waals surface area contributed by atoms with Crippen molar-refractivity contribution in [2.24, 2.45) is 0 Å². The summed E-state index contributed by atoms with van der Waals surface area (Å²) in [4.78, 5) is 5.55. The Morgan fingerprint density at radius 1 is 1.17 bits per heavy atom. The van der Waals surface area contributed by atoms with Gasteiger partial charge in [0, 0.05) is 17.5 Å². The van der Waals surface area contributed by atoms with Crippen LogP contribution in [0.3, 0.4) is 0 Å². The minimum Gasteiger partial charge on any atom is -0.438 e. The van der Waals surface area contributed by atoms with Gasteiger partial charge in [-0.25, -0.2) is 4.98 Å². The summed E-state index contributed by atoms with van der Waals surface area (Å²) >= 11 is 1.66. The van der Waals surface area contributed by atoms with Crippen LogP contribution >= 0.6 is 11.8 Å². The molecule has 2 aromatic rings. The Bertz CT molecular complexity index is 517. The normalized spacial score (nSPS) is 10.3. The zero-order valence-corrected chi connectivity index (χ0v) is 11.3. The van der Waals surface area contributed by atoms with E-state index in [1.165, 1.54) is 0 Å². The number of hydrogen-bond acceptors (Lipinski definition) is 4. The van der Waals surface area contributed by atoms with Gasteiger partial charge in [-0.15, -0.1) is 11.8 Å². The van der Waals surface area contributed by atoms with Crippen molar-refractivity contribution in [3.8, 4) is 11.6 Å².